The van der Waals surface area contributed by atoms with Crippen molar-refractivity contribution < 1.29 is 4.74 Å². The number of rotatable bonds is 5. The number of ether oxygens (including phenoxy) is 1. The van der Waals surface area contributed by atoms with E-state index in [2.05, 4.69) is 31.9 Å². The Hall–Kier alpha value is -2.70. The maximum atomic E-state index is 5.92. The number of aryl methyl sites for hydroxylation is 2. The topological polar surface area (TPSA) is 68.4 Å². The highest BCUT2D eigenvalue weighted by Crippen LogP contribution is 2.21. The molecule has 0 spiro atoms. The first kappa shape index (κ1) is 16.8. The van der Waals surface area contributed by atoms with Crippen LogP contribution in [0.25, 0.3) is 5.65 Å². The SMILES string of the molecule is CCc1cnc(N2CCC(COc3ccc4nc(C)cn4n3)CC2)nc1. The molecule has 3 aromatic heterocycles. The number of hydrogen-bond donors (Lipinski definition) is 0. The van der Waals surface area contributed by atoms with Crippen molar-refractivity contribution in [2.24, 2.45) is 5.92 Å². The van der Waals surface area contributed by atoms with Gasteiger partial charge in [0.05, 0.1) is 18.5 Å². The summed E-state index contributed by atoms with van der Waals surface area (Å²) in [7, 11) is 0. The zero-order valence-electron chi connectivity index (χ0n) is 15.3. The normalized spacial score (nSPS) is 15.5. The van der Waals surface area contributed by atoms with Crippen LogP contribution in [0.1, 0.15) is 31.0 Å². The monoisotopic (exact) mass is 352 g/mol. The molecule has 0 aromatic carbocycles. The van der Waals surface area contributed by atoms with E-state index in [1.165, 1.54) is 5.56 Å². The Labute approximate surface area is 153 Å². The van der Waals surface area contributed by atoms with Crippen LogP contribution < -0.4 is 9.64 Å². The van der Waals surface area contributed by atoms with Gasteiger partial charge in [0, 0.05) is 31.5 Å². The summed E-state index contributed by atoms with van der Waals surface area (Å²) in [4.78, 5) is 15.6. The molecule has 3 aromatic rings. The van der Waals surface area contributed by atoms with Crippen LogP contribution in [0.15, 0.2) is 30.7 Å². The first-order valence-electron chi connectivity index (χ1n) is 9.23. The Kier molecular flexibility index (Phi) is 4.69. The quantitative estimate of drug-likeness (QED) is 0.703. The predicted molar refractivity (Wildman–Crippen MR) is 99.6 cm³/mol. The van der Waals surface area contributed by atoms with Gasteiger partial charge in [-0.3, -0.25) is 0 Å². The van der Waals surface area contributed by atoms with Gasteiger partial charge in [-0.2, -0.15) is 0 Å². The summed E-state index contributed by atoms with van der Waals surface area (Å²) in [5, 5.41) is 4.46. The lowest BCUT2D eigenvalue weighted by atomic mass is 9.98. The number of imidazole rings is 1. The van der Waals surface area contributed by atoms with Gasteiger partial charge in [-0.05, 0) is 43.7 Å². The van der Waals surface area contributed by atoms with Gasteiger partial charge in [0.15, 0.2) is 5.65 Å². The zero-order valence-corrected chi connectivity index (χ0v) is 15.3. The second kappa shape index (κ2) is 7.27. The van der Waals surface area contributed by atoms with Crippen LogP contribution in [0.5, 0.6) is 5.88 Å². The molecule has 1 aliphatic rings. The molecule has 0 saturated carbocycles. The van der Waals surface area contributed by atoms with E-state index in [4.69, 9.17) is 4.74 Å². The van der Waals surface area contributed by atoms with Crippen molar-refractivity contribution >= 4 is 11.6 Å². The van der Waals surface area contributed by atoms with Crippen molar-refractivity contribution in [2.45, 2.75) is 33.1 Å². The summed E-state index contributed by atoms with van der Waals surface area (Å²) in [6.45, 7) is 6.70. The average molecular weight is 352 g/mol. The fraction of sp³-hybridized carbons (Fsp3) is 0.474. The van der Waals surface area contributed by atoms with E-state index in [0.717, 1.165) is 49.6 Å². The molecule has 26 heavy (non-hydrogen) atoms. The Bertz CT molecular complexity index is 867. The van der Waals surface area contributed by atoms with Crippen molar-refractivity contribution in [2.75, 3.05) is 24.6 Å². The third-order valence-electron chi connectivity index (χ3n) is 4.88. The van der Waals surface area contributed by atoms with E-state index in [1.807, 2.05) is 37.6 Å². The molecule has 7 nitrogen and oxygen atoms in total. The van der Waals surface area contributed by atoms with E-state index in [0.29, 0.717) is 18.4 Å². The highest BCUT2D eigenvalue weighted by molar-refractivity contribution is 5.39. The molecular formula is C19H24N6O. The lowest BCUT2D eigenvalue weighted by Crippen LogP contribution is -2.36. The smallest absolute Gasteiger partial charge is 0.231 e. The number of hydrogen-bond acceptors (Lipinski definition) is 6. The van der Waals surface area contributed by atoms with Crippen molar-refractivity contribution in [3.05, 3.63) is 42.0 Å². The molecular weight excluding hydrogens is 328 g/mol. The van der Waals surface area contributed by atoms with E-state index >= 15 is 0 Å². The van der Waals surface area contributed by atoms with Gasteiger partial charge in [0.25, 0.3) is 0 Å². The highest BCUT2D eigenvalue weighted by atomic mass is 16.5. The predicted octanol–water partition coefficient (Wildman–Crippen LogP) is 2.69. The van der Waals surface area contributed by atoms with Crippen LogP contribution in [0.4, 0.5) is 5.95 Å². The molecule has 7 heteroatoms. The third kappa shape index (κ3) is 3.61. The largest absolute Gasteiger partial charge is 0.476 e. The molecule has 4 heterocycles. The Morgan fingerprint density at radius 1 is 1.15 bits per heavy atom. The summed E-state index contributed by atoms with van der Waals surface area (Å²) < 4.78 is 7.69. The van der Waals surface area contributed by atoms with Gasteiger partial charge in [0.2, 0.25) is 11.8 Å². The highest BCUT2D eigenvalue weighted by Gasteiger charge is 2.21. The van der Waals surface area contributed by atoms with Gasteiger partial charge >= 0.3 is 0 Å². The minimum absolute atomic E-state index is 0.531. The van der Waals surface area contributed by atoms with Crippen molar-refractivity contribution in [3.8, 4) is 5.88 Å². The van der Waals surface area contributed by atoms with E-state index < -0.39 is 0 Å². The number of fused-ring (bicyclic) bond motifs is 1. The molecule has 136 valence electrons. The van der Waals surface area contributed by atoms with Crippen LogP contribution in [0.2, 0.25) is 0 Å². The summed E-state index contributed by atoms with van der Waals surface area (Å²) in [6, 6.07) is 3.83. The van der Waals surface area contributed by atoms with Crippen molar-refractivity contribution in [1.82, 2.24) is 24.6 Å². The summed E-state index contributed by atoms with van der Waals surface area (Å²) in [5.41, 5.74) is 2.98. The van der Waals surface area contributed by atoms with Gasteiger partial charge in [-0.15, -0.1) is 5.10 Å². The molecule has 0 amide bonds. The molecule has 1 aliphatic heterocycles. The minimum atomic E-state index is 0.531. The van der Waals surface area contributed by atoms with E-state index in [1.54, 1.807) is 4.52 Å². The van der Waals surface area contributed by atoms with Crippen molar-refractivity contribution in [1.29, 1.82) is 0 Å². The lowest BCUT2D eigenvalue weighted by molar-refractivity contribution is 0.213. The number of anilines is 1. The van der Waals surface area contributed by atoms with Gasteiger partial charge in [-0.1, -0.05) is 6.92 Å². The number of aromatic nitrogens is 5. The molecule has 4 rings (SSSR count). The first-order chi connectivity index (χ1) is 12.7. The summed E-state index contributed by atoms with van der Waals surface area (Å²) in [6.07, 6.45) is 8.88. The summed E-state index contributed by atoms with van der Waals surface area (Å²) in [5.74, 6) is 2.02. The fourth-order valence-corrected chi connectivity index (χ4v) is 3.26. The van der Waals surface area contributed by atoms with Gasteiger partial charge in [-0.25, -0.2) is 19.5 Å². The maximum Gasteiger partial charge on any atom is 0.231 e. The van der Waals surface area contributed by atoms with Crippen molar-refractivity contribution in [3.63, 3.8) is 0 Å². The second-order valence-electron chi connectivity index (χ2n) is 6.84. The number of nitrogens with zero attached hydrogens (tertiary/aromatic N) is 6. The molecule has 0 unspecified atom stereocenters. The summed E-state index contributed by atoms with van der Waals surface area (Å²) >= 11 is 0. The zero-order chi connectivity index (χ0) is 17.9. The third-order valence-corrected chi connectivity index (χ3v) is 4.88. The van der Waals surface area contributed by atoms with Crippen LogP contribution in [0.3, 0.4) is 0 Å². The van der Waals surface area contributed by atoms with Crippen LogP contribution in [0, 0.1) is 12.8 Å². The standard InChI is InChI=1S/C19H24N6O/c1-3-15-10-20-19(21-11-15)24-8-6-16(7-9-24)13-26-18-5-4-17-22-14(2)12-25(17)23-18/h4-5,10-12,16H,3,6-9,13H2,1-2H3. The molecule has 0 radical (unpaired) electrons. The Morgan fingerprint density at radius 3 is 2.65 bits per heavy atom. The molecule has 0 atom stereocenters. The fourth-order valence-electron chi connectivity index (χ4n) is 3.26. The number of piperidine rings is 1. The lowest BCUT2D eigenvalue weighted by Gasteiger charge is -2.31. The minimum Gasteiger partial charge on any atom is -0.476 e. The molecule has 0 aliphatic carbocycles. The first-order valence-corrected chi connectivity index (χ1v) is 9.23. The Morgan fingerprint density at radius 2 is 1.92 bits per heavy atom. The van der Waals surface area contributed by atoms with Gasteiger partial charge < -0.3 is 9.64 Å². The molecule has 0 bridgehead atoms. The molecule has 1 saturated heterocycles. The van der Waals surface area contributed by atoms with Crippen LogP contribution in [-0.2, 0) is 6.42 Å². The maximum absolute atomic E-state index is 5.92. The van der Waals surface area contributed by atoms with Crippen LogP contribution in [-0.4, -0.2) is 44.3 Å². The van der Waals surface area contributed by atoms with E-state index in [9.17, 15) is 0 Å². The van der Waals surface area contributed by atoms with Gasteiger partial charge in [0.1, 0.15) is 0 Å². The van der Waals surface area contributed by atoms with E-state index in [-0.39, 0.29) is 0 Å². The second-order valence-corrected chi connectivity index (χ2v) is 6.84. The molecule has 1 fully saturated rings. The Balaban J connectivity index is 1.30. The van der Waals surface area contributed by atoms with Crippen LogP contribution >= 0.6 is 0 Å². The average Bonchev–Trinajstić information content (AvgIpc) is 3.06. The molecule has 0 N–H and O–H groups in total.